The van der Waals surface area contributed by atoms with Gasteiger partial charge in [0.15, 0.2) is 0 Å². The number of nitrogens with one attached hydrogen (secondary N) is 1. The van der Waals surface area contributed by atoms with E-state index in [1.54, 1.807) is 0 Å². The van der Waals surface area contributed by atoms with Gasteiger partial charge in [0.2, 0.25) is 0 Å². The van der Waals surface area contributed by atoms with E-state index < -0.39 is 6.09 Å². The molecule has 1 aromatic rings. The summed E-state index contributed by atoms with van der Waals surface area (Å²) in [5.74, 6) is 0. The number of amides is 1. The van der Waals surface area contributed by atoms with Gasteiger partial charge < -0.3 is 15.3 Å². The van der Waals surface area contributed by atoms with Crippen LogP contribution in [0, 0.1) is 0 Å². The van der Waals surface area contributed by atoms with Crippen LogP contribution < -0.4 is 5.32 Å². The first-order valence-electron chi connectivity index (χ1n) is 6.11. The van der Waals surface area contributed by atoms with E-state index in [-0.39, 0.29) is 0 Å². The van der Waals surface area contributed by atoms with E-state index >= 15 is 0 Å². The molecule has 0 spiro atoms. The highest BCUT2D eigenvalue weighted by Crippen LogP contribution is 2.13. The van der Waals surface area contributed by atoms with Gasteiger partial charge in [0.25, 0.3) is 0 Å². The summed E-state index contributed by atoms with van der Waals surface area (Å²) in [7, 11) is 0. The van der Waals surface area contributed by atoms with Crippen LogP contribution in [0.1, 0.15) is 18.4 Å². The summed E-state index contributed by atoms with van der Waals surface area (Å²) < 4.78 is 0. The van der Waals surface area contributed by atoms with Crippen LogP contribution in [0.5, 0.6) is 0 Å². The largest absolute Gasteiger partial charge is 0.465 e. The van der Waals surface area contributed by atoms with E-state index in [2.05, 4.69) is 5.32 Å². The molecule has 1 saturated heterocycles. The molecule has 2 N–H and O–H groups in total. The molecule has 18 heavy (non-hydrogen) atoms. The van der Waals surface area contributed by atoms with Crippen LogP contribution in [0.4, 0.5) is 4.79 Å². The molecule has 1 amide bonds. The topological polar surface area (TPSA) is 52.6 Å². The molecule has 4 nitrogen and oxygen atoms in total. The van der Waals surface area contributed by atoms with Gasteiger partial charge in [-0.25, -0.2) is 4.79 Å². The molecule has 0 unspecified atom stereocenters. The van der Waals surface area contributed by atoms with Gasteiger partial charge in [0, 0.05) is 30.7 Å². The van der Waals surface area contributed by atoms with Gasteiger partial charge in [-0.3, -0.25) is 0 Å². The zero-order chi connectivity index (χ0) is 13.0. The van der Waals surface area contributed by atoms with Crippen LogP contribution >= 0.6 is 11.6 Å². The molecule has 1 heterocycles. The van der Waals surface area contributed by atoms with E-state index in [4.69, 9.17) is 16.7 Å². The standard InChI is InChI=1S/C13H17ClN2O2/c14-11-3-1-10(2-4-11)9-15-12-5-7-16(8-6-12)13(17)18/h1-4,12,15H,5-9H2,(H,17,18). The van der Waals surface area contributed by atoms with Gasteiger partial charge in [0.1, 0.15) is 0 Å². The fraction of sp³-hybridized carbons (Fsp3) is 0.462. The van der Waals surface area contributed by atoms with Crippen LogP contribution in [0.3, 0.4) is 0 Å². The van der Waals surface area contributed by atoms with Crippen LogP contribution in [0.2, 0.25) is 5.02 Å². The van der Waals surface area contributed by atoms with Crippen molar-refractivity contribution in [3.8, 4) is 0 Å². The lowest BCUT2D eigenvalue weighted by Crippen LogP contribution is -2.44. The second-order valence-electron chi connectivity index (χ2n) is 4.55. The van der Waals surface area contributed by atoms with Crippen molar-refractivity contribution in [3.63, 3.8) is 0 Å². The van der Waals surface area contributed by atoms with Crippen molar-refractivity contribution in [2.24, 2.45) is 0 Å². The second kappa shape index (κ2) is 6.07. The van der Waals surface area contributed by atoms with E-state index in [1.807, 2.05) is 24.3 Å². The van der Waals surface area contributed by atoms with Crippen molar-refractivity contribution in [2.45, 2.75) is 25.4 Å². The Bertz CT molecular complexity index is 400. The first-order valence-corrected chi connectivity index (χ1v) is 6.48. The number of rotatable bonds is 3. The minimum atomic E-state index is -0.814. The minimum Gasteiger partial charge on any atom is -0.465 e. The zero-order valence-corrected chi connectivity index (χ0v) is 10.9. The normalized spacial score (nSPS) is 16.8. The number of benzene rings is 1. The van der Waals surface area contributed by atoms with E-state index in [1.165, 1.54) is 10.5 Å². The van der Waals surface area contributed by atoms with Crippen molar-refractivity contribution >= 4 is 17.7 Å². The van der Waals surface area contributed by atoms with Crippen molar-refractivity contribution in [2.75, 3.05) is 13.1 Å². The number of nitrogens with zero attached hydrogens (tertiary/aromatic N) is 1. The maximum Gasteiger partial charge on any atom is 0.407 e. The molecule has 0 aromatic heterocycles. The quantitative estimate of drug-likeness (QED) is 0.886. The molecule has 0 radical (unpaired) electrons. The Morgan fingerprint density at radius 2 is 1.94 bits per heavy atom. The molecule has 1 aliphatic heterocycles. The molecule has 1 aromatic carbocycles. The van der Waals surface area contributed by atoms with Crippen molar-refractivity contribution < 1.29 is 9.90 Å². The summed E-state index contributed by atoms with van der Waals surface area (Å²) in [4.78, 5) is 12.2. The van der Waals surface area contributed by atoms with Gasteiger partial charge in [-0.05, 0) is 30.5 Å². The van der Waals surface area contributed by atoms with Gasteiger partial charge in [-0.1, -0.05) is 23.7 Å². The van der Waals surface area contributed by atoms with Crippen molar-refractivity contribution in [3.05, 3.63) is 34.9 Å². The Morgan fingerprint density at radius 3 is 2.50 bits per heavy atom. The van der Waals surface area contributed by atoms with Crippen LogP contribution in [0.15, 0.2) is 24.3 Å². The SMILES string of the molecule is O=C(O)N1CCC(NCc2ccc(Cl)cc2)CC1. The molecule has 0 bridgehead atoms. The van der Waals surface area contributed by atoms with E-state index in [0.717, 1.165) is 24.4 Å². The molecule has 0 atom stereocenters. The average Bonchev–Trinajstić information content (AvgIpc) is 2.38. The lowest BCUT2D eigenvalue weighted by molar-refractivity contribution is 0.129. The first kappa shape index (κ1) is 13.2. The molecule has 1 fully saturated rings. The Balaban J connectivity index is 1.75. The molecule has 2 rings (SSSR count). The highest BCUT2D eigenvalue weighted by Gasteiger charge is 2.21. The number of piperidine rings is 1. The summed E-state index contributed by atoms with van der Waals surface area (Å²) in [6.45, 7) is 2.04. The molecular formula is C13H17ClN2O2. The van der Waals surface area contributed by atoms with Gasteiger partial charge in [-0.15, -0.1) is 0 Å². The van der Waals surface area contributed by atoms with Crippen molar-refractivity contribution in [1.82, 2.24) is 10.2 Å². The molecule has 1 aliphatic rings. The monoisotopic (exact) mass is 268 g/mol. The Labute approximate surface area is 112 Å². The molecule has 98 valence electrons. The zero-order valence-electron chi connectivity index (χ0n) is 10.1. The molecule has 5 heteroatoms. The lowest BCUT2D eigenvalue weighted by Gasteiger charge is -2.30. The molecular weight excluding hydrogens is 252 g/mol. The number of halogens is 1. The third-order valence-electron chi connectivity index (χ3n) is 3.27. The summed E-state index contributed by atoms with van der Waals surface area (Å²) in [6.07, 6.45) is 0.936. The van der Waals surface area contributed by atoms with Crippen LogP contribution in [0.25, 0.3) is 0 Å². The maximum absolute atomic E-state index is 10.8. The highest BCUT2D eigenvalue weighted by atomic mass is 35.5. The summed E-state index contributed by atoms with van der Waals surface area (Å²) in [5.41, 5.74) is 1.19. The third-order valence-corrected chi connectivity index (χ3v) is 3.53. The summed E-state index contributed by atoms with van der Waals surface area (Å²) >= 11 is 5.82. The fourth-order valence-corrected chi connectivity index (χ4v) is 2.27. The van der Waals surface area contributed by atoms with Crippen molar-refractivity contribution in [1.29, 1.82) is 0 Å². The van der Waals surface area contributed by atoms with E-state index in [9.17, 15) is 4.79 Å². The van der Waals surface area contributed by atoms with Gasteiger partial charge >= 0.3 is 6.09 Å². The number of carbonyl (C=O) groups is 1. The highest BCUT2D eigenvalue weighted by molar-refractivity contribution is 6.30. The second-order valence-corrected chi connectivity index (χ2v) is 4.99. The molecule has 0 aliphatic carbocycles. The predicted octanol–water partition coefficient (Wildman–Crippen LogP) is 2.57. The van der Waals surface area contributed by atoms with E-state index in [0.29, 0.717) is 19.1 Å². The number of hydrogen-bond acceptors (Lipinski definition) is 2. The number of carboxylic acid groups (broad SMARTS) is 1. The number of hydrogen-bond donors (Lipinski definition) is 2. The average molecular weight is 269 g/mol. The first-order chi connectivity index (χ1) is 8.65. The predicted molar refractivity (Wildman–Crippen MR) is 70.9 cm³/mol. The Hall–Kier alpha value is -1.26. The van der Waals surface area contributed by atoms with Crippen LogP contribution in [-0.2, 0) is 6.54 Å². The summed E-state index contributed by atoms with van der Waals surface area (Å²) in [6, 6.07) is 8.16. The Kier molecular flexibility index (Phi) is 4.44. The fourth-order valence-electron chi connectivity index (χ4n) is 2.14. The van der Waals surface area contributed by atoms with Crippen LogP contribution in [-0.4, -0.2) is 35.2 Å². The summed E-state index contributed by atoms with van der Waals surface area (Å²) in [5, 5.41) is 13.0. The lowest BCUT2D eigenvalue weighted by atomic mass is 10.0. The smallest absolute Gasteiger partial charge is 0.407 e. The maximum atomic E-state index is 10.8. The Morgan fingerprint density at radius 1 is 1.33 bits per heavy atom. The third kappa shape index (κ3) is 3.62. The minimum absolute atomic E-state index is 0.399. The van der Waals surface area contributed by atoms with Gasteiger partial charge in [0.05, 0.1) is 0 Å². The van der Waals surface area contributed by atoms with Gasteiger partial charge in [-0.2, -0.15) is 0 Å². The number of likely N-dealkylation sites (tertiary alicyclic amines) is 1. The molecule has 0 saturated carbocycles.